The van der Waals surface area contributed by atoms with E-state index in [1.54, 1.807) is 24.3 Å². The van der Waals surface area contributed by atoms with Gasteiger partial charge in [-0.1, -0.05) is 30.3 Å². The Labute approximate surface area is 121 Å². The van der Waals surface area contributed by atoms with Gasteiger partial charge in [-0.25, -0.2) is 0 Å². The number of methoxy groups -OCH3 is 1. The number of phenolic OH excluding ortho intramolecular Hbond substituents is 2. The Bertz CT molecular complexity index is 677. The van der Waals surface area contributed by atoms with Crippen LogP contribution < -0.4 is 0 Å². The van der Waals surface area contributed by atoms with E-state index in [0.717, 1.165) is 6.07 Å². The summed E-state index contributed by atoms with van der Waals surface area (Å²) in [4.78, 5) is 22.8. The molecule has 2 aromatic rings. The van der Waals surface area contributed by atoms with Gasteiger partial charge in [-0.3, -0.25) is 9.59 Å². The number of aromatic hydroxyl groups is 2. The molecule has 5 heteroatoms. The van der Waals surface area contributed by atoms with Crippen molar-refractivity contribution in [2.24, 2.45) is 0 Å². The molecule has 0 aromatic heterocycles. The fraction of sp³-hybridized carbons (Fsp3) is 0.125. The first-order chi connectivity index (χ1) is 10.1. The number of carbonyl (C=O) groups excluding carboxylic acids is 2. The van der Waals surface area contributed by atoms with Crippen LogP contribution in [0.15, 0.2) is 36.4 Å². The molecule has 2 aromatic carbocycles. The van der Waals surface area contributed by atoms with Gasteiger partial charge >= 0.3 is 5.97 Å². The number of ether oxygens (including phenoxy) is 1. The van der Waals surface area contributed by atoms with Gasteiger partial charge in [0.25, 0.3) is 0 Å². The zero-order valence-corrected chi connectivity index (χ0v) is 11.4. The van der Waals surface area contributed by atoms with Crippen LogP contribution in [0.3, 0.4) is 0 Å². The topological polar surface area (TPSA) is 83.8 Å². The predicted molar refractivity (Wildman–Crippen MR) is 76.3 cm³/mol. The Morgan fingerprint density at radius 2 is 1.86 bits per heavy atom. The smallest absolute Gasteiger partial charge is 0.310 e. The molecule has 0 saturated heterocycles. The maximum absolute atomic E-state index is 11.6. The standard InChI is InChI=1S/C16H14O5/c1-21-15(20)7-11-12(9-17)13(18)8-14(19)16(11)10-5-3-2-4-6-10/h2-6,8-9,18-19H,7H2,1H3. The van der Waals surface area contributed by atoms with E-state index in [1.165, 1.54) is 7.11 Å². The molecule has 0 aliphatic rings. The maximum atomic E-state index is 11.6. The van der Waals surface area contributed by atoms with Crippen LogP contribution in [0.4, 0.5) is 0 Å². The molecule has 0 spiro atoms. The minimum absolute atomic E-state index is 0.0305. The van der Waals surface area contributed by atoms with Crippen LogP contribution >= 0.6 is 0 Å². The number of benzene rings is 2. The summed E-state index contributed by atoms with van der Waals surface area (Å²) in [5.41, 5.74) is 1.18. The second-order valence-electron chi connectivity index (χ2n) is 4.42. The molecule has 0 aliphatic carbocycles. The molecule has 0 aliphatic heterocycles. The molecular weight excluding hydrogens is 272 g/mol. The number of phenols is 2. The van der Waals surface area contributed by atoms with Gasteiger partial charge in [0.15, 0.2) is 6.29 Å². The van der Waals surface area contributed by atoms with Crippen LogP contribution in [0.2, 0.25) is 0 Å². The summed E-state index contributed by atoms with van der Waals surface area (Å²) in [7, 11) is 1.23. The number of carbonyl (C=O) groups is 2. The second kappa shape index (κ2) is 6.09. The van der Waals surface area contributed by atoms with Crippen LogP contribution in [-0.2, 0) is 16.0 Å². The summed E-state index contributed by atoms with van der Waals surface area (Å²) in [6.07, 6.45) is 0.232. The molecular formula is C16H14O5. The van der Waals surface area contributed by atoms with Gasteiger partial charge < -0.3 is 14.9 Å². The normalized spacial score (nSPS) is 10.1. The third-order valence-electron chi connectivity index (χ3n) is 3.16. The van der Waals surface area contributed by atoms with Gasteiger partial charge in [0.1, 0.15) is 11.5 Å². The summed E-state index contributed by atoms with van der Waals surface area (Å²) < 4.78 is 4.61. The van der Waals surface area contributed by atoms with Gasteiger partial charge in [0.2, 0.25) is 0 Å². The monoisotopic (exact) mass is 286 g/mol. The minimum Gasteiger partial charge on any atom is -0.507 e. The van der Waals surface area contributed by atoms with Crippen molar-refractivity contribution in [1.29, 1.82) is 0 Å². The Hall–Kier alpha value is -2.82. The van der Waals surface area contributed by atoms with E-state index in [4.69, 9.17) is 0 Å². The SMILES string of the molecule is COC(=O)Cc1c(C=O)c(O)cc(O)c1-c1ccccc1. The highest BCUT2D eigenvalue weighted by Crippen LogP contribution is 2.39. The van der Waals surface area contributed by atoms with Crippen LogP contribution in [-0.4, -0.2) is 29.6 Å². The molecule has 0 bridgehead atoms. The first-order valence-corrected chi connectivity index (χ1v) is 6.23. The first kappa shape index (κ1) is 14.6. The largest absolute Gasteiger partial charge is 0.507 e. The highest BCUT2D eigenvalue weighted by molar-refractivity contribution is 5.92. The highest BCUT2D eigenvalue weighted by Gasteiger charge is 2.21. The second-order valence-corrected chi connectivity index (χ2v) is 4.42. The molecule has 0 atom stereocenters. The van der Waals surface area contributed by atoms with Gasteiger partial charge in [-0.05, 0) is 11.1 Å². The average molecular weight is 286 g/mol. The van der Waals surface area contributed by atoms with Gasteiger partial charge in [0.05, 0.1) is 19.1 Å². The van der Waals surface area contributed by atoms with Crippen molar-refractivity contribution in [2.75, 3.05) is 7.11 Å². The van der Waals surface area contributed by atoms with E-state index in [1.807, 2.05) is 6.07 Å². The van der Waals surface area contributed by atoms with E-state index in [2.05, 4.69) is 4.74 Å². The molecule has 108 valence electrons. The number of aldehydes is 1. The lowest BCUT2D eigenvalue weighted by Crippen LogP contribution is -2.08. The van der Waals surface area contributed by atoms with E-state index >= 15 is 0 Å². The predicted octanol–water partition coefficient (Wildman–Crippen LogP) is 2.29. The quantitative estimate of drug-likeness (QED) is 0.665. The molecule has 0 radical (unpaired) electrons. The van der Waals surface area contributed by atoms with E-state index in [-0.39, 0.29) is 29.0 Å². The van der Waals surface area contributed by atoms with Crippen molar-refractivity contribution in [1.82, 2.24) is 0 Å². The Kier molecular flexibility index (Phi) is 4.23. The van der Waals surface area contributed by atoms with Crippen LogP contribution in [0.25, 0.3) is 11.1 Å². The molecule has 0 heterocycles. The van der Waals surface area contributed by atoms with Crippen molar-refractivity contribution < 1.29 is 24.5 Å². The van der Waals surface area contributed by atoms with Crippen molar-refractivity contribution in [3.05, 3.63) is 47.5 Å². The van der Waals surface area contributed by atoms with Gasteiger partial charge in [-0.15, -0.1) is 0 Å². The Morgan fingerprint density at radius 3 is 2.43 bits per heavy atom. The van der Waals surface area contributed by atoms with Crippen LogP contribution in [0.1, 0.15) is 15.9 Å². The minimum atomic E-state index is -0.569. The van der Waals surface area contributed by atoms with Crippen LogP contribution in [0, 0.1) is 0 Å². The summed E-state index contributed by atoms with van der Waals surface area (Å²) >= 11 is 0. The fourth-order valence-electron chi connectivity index (χ4n) is 2.18. The molecule has 0 fully saturated rings. The first-order valence-electron chi connectivity index (χ1n) is 6.23. The zero-order chi connectivity index (χ0) is 15.4. The summed E-state index contributed by atoms with van der Waals surface area (Å²) in [5.74, 6) is -1.15. The number of hydrogen-bond acceptors (Lipinski definition) is 5. The Morgan fingerprint density at radius 1 is 1.19 bits per heavy atom. The van der Waals surface area contributed by atoms with Crippen molar-refractivity contribution in [2.45, 2.75) is 6.42 Å². The summed E-state index contributed by atoms with van der Waals surface area (Å²) in [5, 5.41) is 19.9. The zero-order valence-electron chi connectivity index (χ0n) is 11.4. The molecule has 0 unspecified atom stereocenters. The summed E-state index contributed by atoms with van der Waals surface area (Å²) in [6.45, 7) is 0. The lowest BCUT2D eigenvalue weighted by Gasteiger charge is -2.14. The third-order valence-corrected chi connectivity index (χ3v) is 3.16. The fourth-order valence-corrected chi connectivity index (χ4v) is 2.18. The van der Waals surface area contributed by atoms with Gasteiger partial charge in [0, 0.05) is 11.6 Å². The number of rotatable bonds is 4. The van der Waals surface area contributed by atoms with Gasteiger partial charge in [-0.2, -0.15) is 0 Å². The molecule has 5 nitrogen and oxygen atoms in total. The lowest BCUT2D eigenvalue weighted by atomic mass is 9.92. The maximum Gasteiger partial charge on any atom is 0.310 e. The van der Waals surface area contributed by atoms with E-state index < -0.39 is 5.97 Å². The average Bonchev–Trinajstić information content (AvgIpc) is 2.48. The number of hydrogen-bond donors (Lipinski definition) is 2. The van der Waals surface area contributed by atoms with Crippen molar-refractivity contribution in [3.8, 4) is 22.6 Å². The summed E-state index contributed by atoms with van der Waals surface area (Å²) in [6, 6.07) is 9.91. The molecule has 0 amide bonds. The highest BCUT2D eigenvalue weighted by atomic mass is 16.5. The molecule has 0 saturated carbocycles. The van der Waals surface area contributed by atoms with Crippen LogP contribution in [0.5, 0.6) is 11.5 Å². The molecule has 2 rings (SSSR count). The number of esters is 1. The Balaban J connectivity index is 2.73. The molecule has 2 N–H and O–H groups in total. The van der Waals surface area contributed by atoms with Crippen molar-refractivity contribution in [3.63, 3.8) is 0 Å². The third kappa shape index (κ3) is 2.86. The van der Waals surface area contributed by atoms with E-state index in [0.29, 0.717) is 17.4 Å². The van der Waals surface area contributed by atoms with E-state index in [9.17, 15) is 19.8 Å². The lowest BCUT2D eigenvalue weighted by molar-refractivity contribution is -0.139. The van der Waals surface area contributed by atoms with Crippen molar-refractivity contribution >= 4 is 12.3 Å². The molecule has 21 heavy (non-hydrogen) atoms.